The maximum Gasteiger partial charge on any atom is 0.132 e. The van der Waals surface area contributed by atoms with E-state index in [-0.39, 0.29) is 21.2 Å². The van der Waals surface area contributed by atoms with Crippen LogP contribution in [-0.4, -0.2) is 0 Å². The van der Waals surface area contributed by atoms with Crippen molar-refractivity contribution in [3.8, 4) is 11.1 Å². The number of hydrogen-bond acceptors (Lipinski definition) is 0. The maximum atomic E-state index is 13.6. The topological polar surface area (TPSA) is 0 Å². The van der Waals surface area contributed by atoms with Gasteiger partial charge in [0.25, 0.3) is 0 Å². The average Bonchev–Trinajstić information content (AvgIpc) is 2.22. The van der Waals surface area contributed by atoms with E-state index in [2.05, 4.69) is 6.07 Å². The second-order valence-corrected chi connectivity index (χ2v) is 4.00. The molecule has 0 aromatic heterocycles. The average molecular weight is 258 g/mol. The largest absolute Gasteiger partial charge is 0.206 e. The van der Waals surface area contributed by atoms with Crippen molar-refractivity contribution < 1.29 is 8.78 Å². The minimum Gasteiger partial charge on any atom is -0.206 e. The van der Waals surface area contributed by atoms with Crippen molar-refractivity contribution in [2.24, 2.45) is 0 Å². The molecule has 0 saturated carbocycles. The van der Waals surface area contributed by atoms with Gasteiger partial charge in [0.15, 0.2) is 0 Å². The SMILES string of the molecule is Fc1[c]c(-c2ccc(Cl)cc2F)c(Cl)cc1. The Balaban J connectivity index is 2.62. The molecule has 0 aliphatic heterocycles. The summed E-state index contributed by atoms with van der Waals surface area (Å²) in [6.07, 6.45) is 0. The van der Waals surface area contributed by atoms with E-state index in [9.17, 15) is 8.78 Å². The van der Waals surface area contributed by atoms with Crippen molar-refractivity contribution in [3.63, 3.8) is 0 Å². The molecule has 0 heterocycles. The van der Waals surface area contributed by atoms with Crippen LogP contribution >= 0.6 is 23.2 Å². The van der Waals surface area contributed by atoms with Crippen LogP contribution in [0.4, 0.5) is 8.78 Å². The van der Waals surface area contributed by atoms with Gasteiger partial charge in [-0.1, -0.05) is 23.2 Å². The van der Waals surface area contributed by atoms with Crippen LogP contribution in [0.15, 0.2) is 30.3 Å². The zero-order chi connectivity index (χ0) is 11.7. The van der Waals surface area contributed by atoms with E-state index in [1.54, 1.807) is 0 Å². The van der Waals surface area contributed by atoms with Crippen LogP contribution in [0, 0.1) is 17.7 Å². The lowest BCUT2D eigenvalue weighted by Gasteiger charge is -2.05. The summed E-state index contributed by atoms with van der Waals surface area (Å²) in [6.45, 7) is 0. The molecule has 4 heteroatoms. The van der Waals surface area contributed by atoms with Crippen molar-refractivity contribution >= 4 is 23.2 Å². The molecule has 0 N–H and O–H groups in total. The van der Waals surface area contributed by atoms with Gasteiger partial charge in [-0.25, -0.2) is 8.78 Å². The molecule has 0 unspecified atom stereocenters. The lowest BCUT2D eigenvalue weighted by Crippen LogP contribution is -1.87. The highest BCUT2D eigenvalue weighted by Gasteiger charge is 2.10. The smallest absolute Gasteiger partial charge is 0.132 e. The molecule has 0 aliphatic carbocycles. The summed E-state index contributed by atoms with van der Waals surface area (Å²) >= 11 is 11.5. The first kappa shape index (κ1) is 11.4. The standard InChI is InChI=1S/C12H5Cl2F2/c13-7-1-3-9(12(16)5-7)10-6-8(15)2-4-11(10)14/h1-5H. The molecule has 2 aromatic carbocycles. The minimum absolute atomic E-state index is 0.175. The molecule has 2 aromatic rings. The first-order chi connectivity index (χ1) is 7.58. The van der Waals surface area contributed by atoms with Gasteiger partial charge in [-0.05, 0) is 30.3 Å². The molecule has 0 spiro atoms. The van der Waals surface area contributed by atoms with Gasteiger partial charge >= 0.3 is 0 Å². The summed E-state index contributed by atoms with van der Waals surface area (Å²) in [4.78, 5) is 0. The molecule has 2 rings (SSSR count). The van der Waals surface area contributed by atoms with Gasteiger partial charge in [0.2, 0.25) is 0 Å². The fourth-order valence-corrected chi connectivity index (χ4v) is 1.71. The summed E-state index contributed by atoms with van der Waals surface area (Å²) in [5, 5.41) is 0.511. The Kier molecular flexibility index (Phi) is 3.13. The van der Waals surface area contributed by atoms with Crippen LogP contribution in [-0.2, 0) is 0 Å². The second-order valence-electron chi connectivity index (χ2n) is 3.15. The Hall–Kier alpha value is -1.12. The molecular weight excluding hydrogens is 253 g/mol. The molecule has 0 nitrogen and oxygen atoms in total. The van der Waals surface area contributed by atoms with E-state index in [1.807, 2.05) is 0 Å². The number of rotatable bonds is 1. The monoisotopic (exact) mass is 257 g/mol. The molecule has 0 saturated heterocycles. The van der Waals surface area contributed by atoms with Crippen LogP contribution in [0.1, 0.15) is 0 Å². The van der Waals surface area contributed by atoms with E-state index in [4.69, 9.17) is 23.2 Å². The molecule has 0 bridgehead atoms. The third-order valence-electron chi connectivity index (χ3n) is 2.06. The number of benzene rings is 2. The lowest BCUT2D eigenvalue weighted by molar-refractivity contribution is 0.623. The van der Waals surface area contributed by atoms with Gasteiger partial charge in [0.05, 0.1) is 0 Å². The Morgan fingerprint density at radius 2 is 1.75 bits per heavy atom. The van der Waals surface area contributed by atoms with Crippen LogP contribution in [0.2, 0.25) is 10.0 Å². The predicted octanol–water partition coefficient (Wildman–Crippen LogP) is 4.74. The molecule has 81 valence electrons. The zero-order valence-corrected chi connectivity index (χ0v) is 9.41. The molecule has 0 fully saturated rings. The highest BCUT2D eigenvalue weighted by atomic mass is 35.5. The van der Waals surface area contributed by atoms with Gasteiger partial charge in [-0.2, -0.15) is 0 Å². The summed E-state index contributed by atoms with van der Waals surface area (Å²) in [5.41, 5.74) is 0.365. The van der Waals surface area contributed by atoms with Crippen LogP contribution in [0.3, 0.4) is 0 Å². The molecule has 1 radical (unpaired) electrons. The molecular formula is C12H5Cl2F2. The highest BCUT2D eigenvalue weighted by Crippen LogP contribution is 2.31. The van der Waals surface area contributed by atoms with Gasteiger partial charge < -0.3 is 0 Å². The Labute approximate surface area is 101 Å². The van der Waals surface area contributed by atoms with E-state index < -0.39 is 11.6 Å². The van der Waals surface area contributed by atoms with Gasteiger partial charge in [0, 0.05) is 27.2 Å². The molecule has 16 heavy (non-hydrogen) atoms. The van der Waals surface area contributed by atoms with Crippen molar-refractivity contribution in [3.05, 3.63) is 58.1 Å². The third-order valence-corrected chi connectivity index (χ3v) is 2.61. The highest BCUT2D eigenvalue weighted by molar-refractivity contribution is 6.33. The van der Waals surface area contributed by atoms with E-state index in [1.165, 1.54) is 24.3 Å². The summed E-state index contributed by atoms with van der Waals surface area (Å²) < 4.78 is 26.5. The first-order valence-electron chi connectivity index (χ1n) is 4.40. The fourth-order valence-electron chi connectivity index (χ4n) is 1.34. The first-order valence-corrected chi connectivity index (χ1v) is 5.16. The Morgan fingerprint density at radius 1 is 1.00 bits per heavy atom. The van der Waals surface area contributed by atoms with E-state index >= 15 is 0 Å². The van der Waals surface area contributed by atoms with E-state index in [0.29, 0.717) is 0 Å². The second kappa shape index (κ2) is 4.40. The van der Waals surface area contributed by atoms with Crippen LogP contribution in [0.25, 0.3) is 11.1 Å². The van der Waals surface area contributed by atoms with Gasteiger partial charge in [-0.15, -0.1) is 0 Å². The molecule has 0 atom stereocenters. The molecule has 0 amide bonds. The van der Waals surface area contributed by atoms with Crippen molar-refractivity contribution in [2.45, 2.75) is 0 Å². The summed E-state index contributed by atoms with van der Waals surface area (Å²) in [6, 6.07) is 8.99. The van der Waals surface area contributed by atoms with Crippen LogP contribution in [0.5, 0.6) is 0 Å². The Morgan fingerprint density at radius 3 is 2.44 bits per heavy atom. The molecule has 0 aliphatic rings. The quantitative estimate of drug-likeness (QED) is 0.693. The fraction of sp³-hybridized carbons (Fsp3) is 0. The maximum absolute atomic E-state index is 13.6. The summed E-state index contributed by atoms with van der Waals surface area (Å²) in [7, 11) is 0. The number of hydrogen-bond donors (Lipinski definition) is 0. The van der Waals surface area contributed by atoms with Gasteiger partial charge in [-0.3, -0.25) is 0 Å². The number of halogens is 4. The zero-order valence-electron chi connectivity index (χ0n) is 7.90. The lowest BCUT2D eigenvalue weighted by atomic mass is 10.1. The van der Waals surface area contributed by atoms with Gasteiger partial charge in [0.1, 0.15) is 11.6 Å². The van der Waals surface area contributed by atoms with Crippen molar-refractivity contribution in [1.29, 1.82) is 0 Å². The van der Waals surface area contributed by atoms with Crippen molar-refractivity contribution in [2.75, 3.05) is 0 Å². The normalized spacial score (nSPS) is 10.5. The van der Waals surface area contributed by atoms with Crippen LogP contribution < -0.4 is 0 Å². The predicted molar refractivity (Wildman–Crippen MR) is 60.7 cm³/mol. The minimum atomic E-state index is -0.589. The van der Waals surface area contributed by atoms with Crippen molar-refractivity contribution in [1.82, 2.24) is 0 Å². The summed E-state index contributed by atoms with van der Waals surface area (Å²) in [5.74, 6) is -1.15. The van der Waals surface area contributed by atoms with E-state index in [0.717, 1.165) is 6.07 Å². The Bertz CT molecular complexity index is 539. The third kappa shape index (κ3) is 2.18.